The van der Waals surface area contributed by atoms with E-state index in [9.17, 15) is 0 Å². The standard InChI is InChI=1S/C19H23N5/c1-15-11-19(22-14-21-15)23(2)18-7-9-24(10-8-18)13-17-5-3-16(12-20)4-6-17/h3-6,11,14,18H,7-10,13H2,1-2H3. The minimum absolute atomic E-state index is 0.525. The van der Waals surface area contributed by atoms with Crippen molar-refractivity contribution in [2.45, 2.75) is 32.4 Å². The van der Waals surface area contributed by atoms with Gasteiger partial charge in [-0.1, -0.05) is 12.1 Å². The normalized spacial score (nSPS) is 15.9. The summed E-state index contributed by atoms with van der Waals surface area (Å²) in [6, 6.07) is 12.6. The lowest BCUT2D eigenvalue weighted by molar-refractivity contribution is 0.203. The molecular weight excluding hydrogens is 298 g/mol. The number of likely N-dealkylation sites (tertiary alicyclic amines) is 1. The lowest BCUT2D eigenvalue weighted by atomic mass is 10.0. The van der Waals surface area contributed by atoms with Crippen LogP contribution in [-0.2, 0) is 6.54 Å². The molecule has 1 aromatic carbocycles. The molecule has 0 aliphatic carbocycles. The van der Waals surface area contributed by atoms with E-state index in [2.05, 4.69) is 45.0 Å². The number of aromatic nitrogens is 2. The zero-order valence-corrected chi connectivity index (χ0v) is 14.3. The SMILES string of the molecule is Cc1cc(N(C)C2CCN(Cc3ccc(C#N)cc3)CC2)ncn1. The van der Waals surface area contributed by atoms with Crippen LogP contribution in [0, 0.1) is 18.3 Å². The van der Waals surface area contributed by atoms with Crippen molar-refractivity contribution < 1.29 is 0 Å². The summed E-state index contributed by atoms with van der Waals surface area (Å²) in [6.45, 7) is 5.12. The second-order valence-electron chi connectivity index (χ2n) is 6.44. The number of nitrogens with zero attached hydrogens (tertiary/aromatic N) is 5. The fraction of sp³-hybridized carbons (Fsp3) is 0.421. The third-order valence-corrected chi connectivity index (χ3v) is 4.74. The smallest absolute Gasteiger partial charge is 0.132 e. The number of benzene rings is 1. The Balaban J connectivity index is 1.54. The molecule has 2 heterocycles. The summed E-state index contributed by atoms with van der Waals surface area (Å²) in [6.07, 6.45) is 3.91. The van der Waals surface area contributed by atoms with E-state index in [1.54, 1.807) is 6.33 Å². The van der Waals surface area contributed by atoms with Crippen molar-refractivity contribution >= 4 is 5.82 Å². The average molecular weight is 321 g/mol. The second kappa shape index (κ2) is 7.41. The zero-order valence-electron chi connectivity index (χ0n) is 14.3. The average Bonchev–Trinajstić information content (AvgIpc) is 2.62. The van der Waals surface area contributed by atoms with Crippen molar-refractivity contribution in [1.29, 1.82) is 5.26 Å². The number of hydrogen-bond donors (Lipinski definition) is 0. The molecule has 0 atom stereocenters. The van der Waals surface area contributed by atoms with Crippen LogP contribution in [0.25, 0.3) is 0 Å². The minimum atomic E-state index is 0.525. The Kier molecular flexibility index (Phi) is 5.07. The van der Waals surface area contributed by atoms with Crippen molar-refractivity contribution in [3.8, 4) is 6.07 Å². The van der Waals surface area contributed by atoms with Gasteiger partial charge in [0.2, 0.25) is 0 Å². The Morgan fingerprint density at radius 3 is 2.54 bits per heavy atom. The second-order valence-corrected chi connectivity index (χ2v) is 6.44. The topological polar surface area (TPSA) is 56.0 Å². The highest BCUT2D eigenvalue weighted by Crippen LogP contribution is 2.21. The van der Waals surface area contributed by atoms with Crippen molar-refractivity contribution in [1.82, 2.24) is 14.9 Å². The van der Waals surface area contributed by atoms with Gasteiger partial charge >= 0.3 is 0 Å². The van der Waals surface area contributed by atoms with Crippen LogP contribution in [0.4, 0.5) is 5.82 Å². The highest BCUT2D eigenvalue weighted by Gasteiger charge is 2.23. The molecule has 3 rings (SSSR count). The molecule has 5 nitrogen and oxygen atoms in total. The quantitative estimate of drug-likeness (QED) is 0.866. The maximum absolute atomic E-state index is 8.87. The van der Waals surface area contributed by atoms with E-state index in [0.29, 0.717) is 6.04 Å². The van der Waals surface area contributed by atoms with Gasteiger partial charge in [-0.3, -0.25) is 4.90 Å². The molecule has 24 heavy (non-hydrogen) atoms. The fourth-order valence-corrected chi connectivity index (χ4v) is 3.23. The summed E-state index contributed by atoms with van der Waals surface area (Å²) in [5.74, 6) is 1.01. The molecule has 1 saturated heterocycles. The lowest BCUT2D eigenvalue weighted by Crippen LogP contribution is -2.43. The predicted molar refractivity (Wildman–Crippen MR) is 94.6 cm³/mol. The summed E-state index contributed by atoms with van der Waals surface area (Å²) in [7, 11) is 2.13. The van der Waals surface area contributed by atoms with Crippen LogP contribution >= 0.6 is 0 Å². The zero-order chi connectivity index (χ0) is 16.9. The molecule has 0 radical (unpaired) electrons. The summed E-state index contributed by atoms with van der Waals surface area (Å²) in [5, 5.41) is 8.87. The van der Waals surface area contributed by atoms with Crippen LogP contribution in [0.5, 0.6) is 0 Å². The van der Waals surface area contributed by atoms with Crippen LogP contribution in [0.1, 0.15) is 29.7 Å². The maximum Gasteiger partial charge on any atom is 0.132 e. The highest BCUT2D eigenvalue weighted by atomic mass is 15.2. The monoisotopic (exact) mass is 321 g/mol. The predicted octanol–water partition coefficient (Wildman–Crippen LogP) is 2.76. The molecule has 0 saturated carbocycles. The van der Waals surface area contributed by atoms with Crippen LogP contribution in [0.2, 0.25) is 0 Å². The van der Waals surface area contributed by atoms with Gasteiger partial charge in [-0.2, -0.15) is 5.26 Å². The number of hydrogen-bond acceptors (Lipinski definition) is 5. The third-order valence-electron chi connectivity index (χ3n) is 4.74. The van der Waals surface area contributed by atoms with Crippen molar-refractivity contribution in [2.75, 3.05) is 25.0 Å². The summed E-state index contributed by atoms with van der Waals surface area (Å²) in [5.41, 5.74) is 3.00. The van der Waals surface area contributed by atoms with E-state index in [4.69, 9.17) is 5.26 Å². The van der Waals surface area contributed by atoms with Gasteiger partial charge in [-0.05, 0) is 37.5 Å². The lowest BCUT2D eigenvalue weighted by Gasteiger charge is -2.37. The Morgan fingerprint density at radius 1 is 1.21 bits per heavy atom. The van der Waals surface area contributed by atoms with Crippen LogP contribution in [-0.4, -0.2) is 41.0 Å². The molecule has 1 aliphatic heterocycles. The number of rotatable bonds is 4. The van der Waals surface area contributed by atoms with E-state index in [1.807, 2.05) is 25.1 Å². The largest absolute Gasteiger partial charge is 0.356 e. The van der Waals surface area contributed by atoms with Crippen molar-refractivity contribution in [3.63, 3.8) is 0 Å². The molecule has 0 bridgehead atoms. The van der Waals surface area contributed by atoms with Crippen molar-refractivity contribution in [3.05, 3.63) is 53.5 Å². The van der Waals surface area contributed by atoms with Gasteiger partial charge in [0.1, 0.15) is 12.1 Å². The first kappa shape index (κ1) is 16.4. The molecule has 0 unspecified atom stereocenters. The van der Waals surface area contributed by atoms with Gasteiger partial charge in [0, 0.05) is 44.5 Å². The van der Waals surface area contributed by atoms with E-state index >= 15 is 0 Å². The van der Waals surface area contributed by atoms with Crippen LogP contribution in [0.3, 0.4) is 0 Å². The number of piperidine rings is 1. The van der Waals surface area contributed by atoms with Crippen LogP contribution < -0.4 is 4.90 Å². The molecular formula is C19H23N5. The van der Waals surface area contributed by atoms with Gasteiger partial charge in [0.15, 0.2) is 0 Å². The maximum atomic E-state index is 8.87. The molecule has 0 amide bonds. The Morgan fingerprint density at radius 2 is 1.92 bits per heavy atom. The van der Waals surface area contributed by atoms with Crippen LogP contribution in [0.15, 0.2) is 36.7 Å². The van der Waals surface area contributed by atoms with Gasteiger partial charge in [0.05, 0.1) is 11.6 Å². The third kappa shape index (κ3) is 3.90. The molecule has 1 fully saturated rings. The molecule has 1 aliphatic rings. The minimum Gasteiger partial charge on any atom is -0.356 e. The number of aryl methyl sites for hydroxylation is 1. The summed E-state index contributed by atoms with van der Waals surface area (Å²) < 4.78 is 0. The molecule has 5 heteroatoms. The van der Waals surface area contributed by atoms with Gasteiger partial charge < -0.3 is 4.90 Å². The first-order valence-corrected chi connectivity index (χ1v) is 8.38. The first-order valence-electron chi connectivity index (χ1n) is 8.38. The Labute approximate surface area is 143 Å². The Hall–Kier alpha value is -2.45. The molecule has 0 N–H and O–H groups in total. The van der Waals surface area contributed by atoms with Crippen molar-refractivity contribution in [2.24, 2.45) is 0 Å². The van der Waals surface area contributed by atoms with E-state index in [0.717, 1.165) is 49.6 Å². The van der Waals surface area contributed by atoms with Gasteiger partial charge in [-0.25, -0.2) is 9.97 Å². The molecule has 0 spiro atoms. The molecule has 124 valence electrons. The Bertz CT molecular complexity index is 711. The number of nitriles is 1. The summed E-state index contributed by atoms with van der Waals surface area (Å²) in [4.78, 5) is 13.3. The highest BCUT2D eigenvalue weighted by molar-refractivity contribution is 5.39. The number of anilines is 1. The first-order chi connectivity index (χ1) is 11.7. The van der Waals surface area contributed by atoms with E-state index in [-0.39, 0.29) is 0 Å². The fourth-order valence-electron chi connectivity index (χ4n) is 3.23. The van der Waals surface area contributed by atoms with Gasteiger partial charge in [-0.15, -0.1) is 0 Å². The van der Waals surface area contributed by atoms with E-state index < -0.39 is 0 Å². The van der Waals surface area contributed by atoms with Gasteiger partial charge in [0.25, 0.3) is 0 Å². The summed E-state index contributed by atoms with van der Waals surface area (Å²) >= 11 is 0. The molecule has 2 aromatic rings. The molecule has 1 aromatic heterocycles. The van der Waals surface area contributed by atoms with E-state index in [1.165, 1.54) is 5.56 Å².